The van der Waals surface area contributed by atoms with E-state index in [0.29, 0.717) is 10.6 Å². The fourth-order valence-corrected chi connectivity index (χ4v) is 2.97. The molecule has 1 aliphatic heterocycles. The van der Waals surface area contributed by atoms with E-state index in [1.807, 2.05) is 0 Å². The summed E-state index contributed by atoms with van der Waals surface area (Å²) in [4.78, 5) is 15.6. The van der Waals surface area contributed by atoms with Gasteiger partial charge in [0.15, 0.2) is 0 Å². The number of aliphatic imine (C=N–C) groups is 1. The molecule has 0 fully saturated rings. The molecule has 21 heavy (non-hydrogen) atoms. The highest BCUT2D eigenvalue weighted by molar-refractivity contribution is 7.14. The first-order chi connectivity index (χ1) is 9.97. The average molecular weight is 310 g/mol. The highest BCUT2D eigenvalue weighted by Crippen LogP contribution is 2.35. The van der Waals surface area contributed by atoms with Gasteiger partial charge in [-0.2, -0.15) is 13.2 Å². The maximum absolute atomic E-state index is 13.1. The molecule has 0 radical (unpaired) electrons. The minimum absolute atomic E-state index is 0.0128. The second kappa shape index (κ2) is 5.00. The van der Waals surface area contributed by atoms with Crippen LogP contribution < -0.4 is 5.32 Å². The molecule has 1 aromatic carbocycles. The van der Waals surface area contributed by atoms with E-state index in [1.54, 1.807) is 11.4 Å². The van der Waals surface area contributed by atoms with Crippen LogP contribution in [0.25, 0.3) is 0 Å². The zero-order valence-electron chi connectivity index (χ0n) is 10.6. The van der Waals surface area contributed by atoms with Gasteiger partial charge < -0.3 is 5.32 Å². The Morgan fingerprint density at radius 1 is 1.14 bits per heavy atom. The average Bonchev–Trinajstić information content (AvgIpc) is 2.80. The van der Waals surface area contributed by atoms with E-state index in [9.17, 15) is 18.0 Å². The number of carbonyl (C=O) groups is 1. The second-order valence-corrected chi connectivity index (χ2v) is 5.34. The van der Waals surface area contributed by atoms with Crippen molar-refractivity contribution in [3.8, 4) is 0 Å². The Labute approximate surface area is 122 Å². The Morgan fingerprint density at radius 2 is 1.90 bits per heavy atom. The monoisotopic (exact) mass is 310 g/mol. The van der Waals surface area contributed by atoms with Crippen LogP contribution in [0.1, 0.15) is 16.7 Å². The standard InChI is InChI=1S/C14H9F3N2OS/c15-14(16,17)10-4-2-1-3-8(10)12-9-5-6-21-13(9)19-11(20)7-18-12/h1-6H,7H2,(H,19,20). The molecular formula is C14H9F3N2OS. The summed E-state index contributed by atoms with van der Waals surface area (Å²) >= 11 is 1.26. The number of benzene rings is 1. The van der Waals surface area contributed by atoms with Crippen LogP contribution in [0.3, 0.4) is 0 Å². The van der Waals surface area contributed by atoms with Crippen molar-refractivity contribution in [2.24, 2.45) is 4.99 Å². The normalized spacial score (nSPS) is 15.0. The summed E-state index contributed by atoms with van der Waals surface area (Å²) in [5, 5.41) is 4.88. The molecule has 0 spiro atoms. The second-order valence-electron chi connectivity index (χ2n) is 4.42. The number of halogens is 3. The molecule has 3 nitrogen and oxygen atoms in total. The highest BCUT2D eigenvalue weighted by atomic mass is 32.1. The van der Waals surface area contributed by atoms with E-state index in [-0.39, 0.29) is 23.7 Å². The van der Waals surface area contributed by atoms with Gasteiger partial charge in [-0.25, -0.2) is 0 Å². The van der Waals surface area contributed by atoms with E-state index >= 15 is 0 Å². The molecule has 7 heteroatoms. The van der Waals surface area contributed by atoms with Crippen LogP contribution in [0, 0.1) is 0 Å². The van der Waals surface area contributed by atoms with Crippen molar-refractivity contribution in [1.82, 2.24) is 0 Å². The number of thiophene rings is 1. The van der Waals surface area contributed by atoms with Crippen molar-refractivity contribution < 1.29 is 18.0 Å². The van der Waals surface area contributed by atoms with Crippen molar-refractivity contribution in [2.45, 2.75) is 6.18 Å². The summed E-state index contributed by atoms with van der Waals surface area (Å²) < 4.78 is 39.4. The van der Waals surface area contributed by atoms with Gasteiger partial charge in [0, 0.05) is 11.1 Å². The summed E-state index contributed by atoms with van der Waals surface area (Å²) in [5.41, 5.74) is -0.0588. The summed E-state index contributed by atoms with van der Waals surface area (Å²) in [6.07, 6.45) is -4.47. The van der Waals surface area contributed by atoms with Crippen LogP contribution in [-0.2, 0) is 11.0 Å². The molecule has 108 valence electrons. The lowest BCUT2D eigenvalue weighted by Gasteiger charge is -2.14. The molecule has 0 atom stereocenters. The Balaban J connectivity index is 2.20. The first-order valence-electron chi connectivity index (χ1n) is 6.05. The number of fused-ring (bicyclic) bond motifs is 1. The Hall–Kier alpha value is -2.15. The molecule has 0 saturated heterocycles. The number of hydrogen-bond acceptors (Lipinski definition) is 3. The van der Waals surface area contributed by atoms with Crippen LogP contribution in [0.2, 0.25) is 0 Å². The number of alkyl halides is 3. The molecule has 0 bridgehead atoms. The third-order valence-corrected chi connectivity index (χ3v) is 3.87. The number of rotatable bonds is 1. The van der Waals surface area contributed by atoms with Gasteiger partial charge in [-0.05, 0) is 17.5 Å². The molecule has 3 rings (SSSR count). The number of carbonyl (C=O) groups excluding carboxylic acids is 1. The van der Waals surface area contributed by atoms with Crippen molar-refractivity contribution >= 4 is 28.0 Å². The van der Waals surface area contributed by atoms with E-state index in [2.05, 4.69) is 10.3 Å². The van der Waals surface area contributed by atoms with Crippen molar-refractivity contribution in [2.75, 3.05) is 11.9 Å². The summed E-state index contributed by atoms with van der Waals surface area (Å²) in [7, 11) is 0. The van der Waals surface area contributed by atoms with E-state index in [1.165, 1.54) is 29.5 Å². The van der Waals surface area contributed by atoms with Crippen molar-refractivity contribution in [3.63, 3.8) is 0 Å². The smallest absolute Gasteiger partial charge is 0.316 e. The van der Waals surface area contributed by atoms with Gasteiger partial charge in [0.2, 0.25) is 5.91 Å². The first kappa shape index (κ1) is 13.8. The lowest BCUT2D eigenvalue weighted by Crippen LogP contribution is -2.14. The molecule has 0 aliphatic carbocycles. The third kappa shape index (κ3) is 2.56. The molecule has 2 heterocycles. The number of anilines is 1. The lowest BCUT2D eigenvalue weighted by molar-refractivity contribution is -0.137. The van der Waals surface area contributed by atoms with Crippen LogP contribution in [-0.4, -0.2) is 18.2 Å². The van der Waals surface area contributed by atoms with Crippen molar-refractivity contribution in [3.05, 3.63) is 52.4 Å². The molecule has 2 aromatic rings. The van der Waals surface area contributed by atoms with Crippen molar-refractivity contribution in [1.29, 1.82) is 0 Å². The van der Waals surface area contributed by atoms with Gasteiger partial charge in [-0.15, -0.1) is 11.3 Å². The molecule has 0 saturated carbocycles. The van der Waals surface area contributed by atoms with Gasteiger partial charge in [-0.1, -0.05) is 18.2 Å². The summed E-state index contributed by atoms with van der Waals surface area (Å²) in [6.45, 7) is -0.192. The van der Waals surface area contributed by atoms with Crippen LogP contribution in [0.5, 0.6) is 0 Å². The number of nitrogens with one attached hydrogen (secondary N) is 1. The van der Waals surface area contributed by atoms with Gasteiger partial charge in [0.25, 0.3) is 0 Å². The van der Waals surface area contributed by atoms with Crippen LogP contribution in [0.15, 0.2) is 40.7 Å². The van der Waals surface area contributed by atoms with Crippen LogP contribution >= 0.6 is 11.3 Å². The predicted octanol–water partition coefficient (Wildman–Crippen LogP) is 3.56. The molecule has 1 aliphatic rings. The number of hydrogen-bond donors (Lipinski definition) is 1. The van der Waals surface area contributed by atoms with Gasteiger partial charge in [-0.3, -0.25) is 9.79 Å². The summed E-state index contributed by atoms with van der Waals surface area (Å²) in [5.74, 6) is -0.335. The molecule has 0 unspecified atom stereocenters. The fraction of sp³-hybridized carbons (Fsp3) is 0.143. The van der Waals surface area contributed by atoms with E-state index < -0.39 is 11.7 Å². The fourth-order valence-electron chi connectivity index (χ4n) is 2.16. The Morgan fingerprint density at radius 3 is 2.67 bits per heavy atom. The number of amides is 1. The third-order valence-electron chi connectivity index (χ3n) is 3.04. The first-order valence-corrected chi connectivity index (χ1v) is 6.93. The zero-order chi connectivity index (χ0) is 15.0. The topological polar surface area (TPSA) is 41.5 Å². The Bertz CT molecular complexity index is 734. The van der Waals surface area contributed by atoms with Crippen LogP contribution in [0.4, 0.5) is 18.2 Å². The van der Waals surface area contributed by atoms with E-state index in [4.69, 9.17) is 0 Å². The summed E-state index contributed by atoms with van der Waals surface area (Å²) in [6, 6.07) is 6.92. The van der Waals surface area contributed by atoms with Gasteiger partial charge >= 0.3 is 6.18 Å². The minimum atomic E-state index is -4.47. The minimum Gasteiger partial charge on any atom is -0.316 e. The largest absolute Gasteiger partial charge is 0.417 e. The highest BCUT2D eigenvalue weighted by Gasteiger charge is 2.35. The maximum Gasteiger partial charge on any atom is 0.417 e. The Kier molecular flexibility index (Phi) is 3.29. The SMILES string of the molecule is O=C1CN=C(c2ccccc2C(F)(F)F)c2ccsc2N1. The quantitative estimate of drug-likeness (QED) is 0.860. The molecule has 1 amide bonds. The van der Waals surface area contributed by atoms with Gasteiger partial charge in [0.05, 0.1) is 11.3 Å². The molecule has 1 N–H and O–H groups in total. The lowest BCUT2D eigenvalue weighted by atomic mass is 9.98. The van der Waals surface area contributed by atoms with Gasteiger partial charge in [0.1, 0.15) is 11.5 Å². The maximum atomic E-state index is 13.1. The molecule has 1 aromatic heterocycles. The predicted molar refractivity (Wildman–Crippen MR) is 74.9 cm³/mol. The van der Waals surface area contributed by atoms with E-state index in [0.717, 1.165) is 6.07 Å². The molecular weight excluding hydrogens is 301 g/mol. The zero-order valence-corrected chi connectivity index (χ0v) is 11.4. The number of nitrogens with zero attached hydrogens (tertiary/aromatic N) is 1.